The summed E-state index contributed by atoms with van der Waals surface area (Å²) in [4.78, 5) is 23.5. The highest BCUT2D eigenvalue weighted by atomic mass is 79.9. The van der Waals surface area contributed by atoms with Gasteiger partial charge in [-0.05, 0) is 25.0 Å². The number of alkyl halides is 2. The van der Waals surface area contributed by atoms with Crippen molar-refractivity contribution < 1.29 is 9.59 Å². The van der Waals surface area contributed by atoms with Gasteiger partial charge in [0.15, 0.2) is 11.6 Å². The van der Waals surface area contributed by atoms with Gasteiger partial charge >= 0.3 is 0 Å². The van der Waals surface area contributed by atoms with E-state index in [-0.39, 0.29) is 23.4 Å². The van der Waals surface area contributed by atoms with Crippen LogP contribution in [0.5, 0.6) is 0 Å². The highest BCUT2D eigenvalue weighted by molar-refractivity contribution is 9.09. The fourth-order valence-electron chi connectivity index (χ4n) is 2.41. The van der Waals surface area contributed by atoms with Crippen molar-refractivity contribution in [3.05, 3.63) is 23.3 Å². The molecule has 0 N–H and O–H groups in total. The van der Waals surface area contributed by atoms with Crippen molar-refractivity contribution in [2.75, 3.05) is 10.7 Å². The molecular formula is C12H12Br2O2. The van der Waals surface area contributed by atoms with E-state index in [2.05, 4.69) is 31.9 Å². The summed E-state index contributed by atoms with van der Waals surface area (Å²) in [5.41, 5.74) is 2.55. The zero-order valence-corrected chi connectivity index (χ0v) is 11.9. The Labute approximate surface area is 111 Å². The van der Waals surface area contributed by atoms with Gasteiger partial charge in [-0.15, -0.1) is 0 Å². The second-order valence-corrected chi connectivity index (χ2v) is 5.36. The Morgan fingerprint density at radius 1 is 0.938 bits per heavy atom. The van der Waals surface area contributed by atoms with E-state index in [9.17, 15) is 9.59 Å². The molecule has 0 radical (unpaired) electrons. The Morgan fingerprint density at radius 3 is 1.62 bits per heavy atom. The third-order valence-electron chi connectivity index (χ3n) is 3.38. The molecule has 0 heterocycles. The molecule has 2 aliphatic carbocycles. The van der Waals surface area contributed by atoms with Gasteiger partial charge in [0.25, 0.3) is 0 Å². The molecule has 0 aromatic heterocycles. The molecule has 2 nitrogen and oxygen atoms in total. The predicted octanol–water partition coefficient (Wildman–Crippen LogP) is 2.81. The van der Waals surface area contributed by atoms with E-state index in [1.807, 2.05) is 0 Å². The summed E-state index contributed by atoms with van der Waals surface area (Å²) >= 11 is 6.90. The standard InChI is InChI=1S/C12H12Br2O2/c13-5-7-3-9-10(4-8(7)6-14)12(16)2-1-11(9)15/h1-2,9-10H,3-6H2. The SMILES string of the molecule is O=C1C=CC(=O)C2CC(CBr)=C(CBr)CC12. The first-order valence-corrected chi connectivity index (χ1v) is 7.49. The quantitative estimate of drug-likeness (QED) is 0.568. The lowest BCUT2D eigenvalue weighted by Gasteiger charge is -2.33. The molecule has 86 valence electrons. The number of carbonyl (C=O) groups is 2. The maximum atomic E-state index is 11.7. The molecule has 0 aliphatic heterocycles. The zero-order chi connectivity index (χ0) is 11.7. The van der Waals surface area contributed by atoms with Crippen molar-refractivity contribution >= 4 is 43.4 Å². The van der Waals surface area contributed by atoms with Crippen LogP contribution in [0.4, 0.5) is 0 Å². The highest BCUT2D eigenvalue weighted by Crippen LogP contribution is 2.38. The molecule has 4 heteroatoms. The first-order chi connectivity index (χ1) is 7.67. The summed E-state index contributed by atoms with van der Waals surface area (Å²) in [6.45, 7) is 0. The van der Waals surface area contributed by atoms with Crippen LogP contribution in [0.15, 0.2) is 23.3 Å². The predicted molar refractivity (Wildman–Crippen MR) is 70.0 cm³/mol. The van der Waals surface area contributed by atoms with Crippen molar-refractivity contribution in [1.82, 2.24) is 0 Å². The molecule has 2 aliphatic rings. The first kappa shape index (κ1) is 12.2. The van der Waals surface area contributed by atoms with E-state index in [1.54, 1.807) is 0 Å². The van der Waals surface area contributed by atoms with Crippen LogP contribution in [0.25, 0.3) is 0 Å². The Bertz CT molecular complexity index is 360. The maximum Gasteiger partial charge on any atom is 0.159 e. The van der Waals surface area contributed by atoms with E-state index < -0.39 is 0 Å². The van der Waals surface area contributed by atoms with E-state index in [1.165, 1.54) is 23.3 Å². The van der Waals surface area contributed by atoms with Crippen LogP contribution in [-0.2, 0) is 9.59 Å². The lowest BCUT2D eigenvalue weighted by molar-refractivity contribution is -0.129. The Kier molecular flexibility index (Phi) is 3.80. The molecule has 0 spiro atoms. The third kappa shape index (κ3) is 2.09. The molecule has 0 bridgehead atoms. The summed E-state index contributed by atoms with van der Waals surface area (Å²) in [5.74, 6) is -0.0194. The van der Waals surface area contributed by atoms with Crippen LogP contribution >= 0.6 is 31.9 Å². The molecule has 2 unspecified atom stereocenters. The largest absolute Gasteiger partial charge is 0.295 e. The second-order valence-electron chi connectivity index (χ2n) is 4.23. The van der Waals surface area contributed by atoms with E-state index in [0.717, 1.165) is 23.5 Å². The summed E-state index contributed by atoms with van der Waals surface area (Å²) in [6.07, 6.45) is 4.33. The van der Waals surface area contributed by atoms with Gasteiger partial charge in [0.1, 0.15) is 0 Å². The number of halogens is 2. The monoisotopic (exact) mass is 346 g/mol. The van der Waals surface area contributed by atoms with Crippen LogP contribution in [-0.4, -0.2) is 22.2 Å². The number of allylic oxidation sites excluding steroid dienone is 4. The maximum absolute atomic E-state index is 11.7. The highest BCUT2D eigenvalue weighted by Gasteiger charge is 2.38. The first-order valence-electron chi connectivity index (χ1n) is 5.24. The smallest absolute Gasteiger partial charge is 0.159 e. The molecule has 2 rings (SSSR count). The minimum atomic E-state index is -0.118. The van der Waals surface area contributed by atoms with Crippen LogP contribution in [0.1, 0.15) is 12.8 Å². The number of carbonyl (C=O) groups excluding carboxylic acids is 2. The third-order valence-corrected chi connectivity index (χ3v) is 4.74. The van der Waals surface area contributed by atoms with Crippen molar-refractivity contribution in [2.24, 2.45) is 11.8 Å². The zero-order valence-electron chi connectivity index (χ0n) is 8.71. The molecular weight excluding hydrogens is 336 g/mol. The van der Waals surface area contributed by atoms with Gasteiger partial charge in [-0.3, -0.25) is 9.59 Å². The lowest BCUT2D eigenvalue weighted by Crippen LogP contribution is -2.36. The molecule has 0 saturated heterocycles. The Morgan fingerprint density at radius 2 is 1.31 bits per heavy atom. The van der Waals surface area contributed by atoms with E-state index >= 15 is 0 Å². The summed E-state index contributed by atoms with van der Waals surface area (Å²) in [7, 11) is 0. The molecule has 2 atom stereocenters. The average molecular weight is 348 g/mol. The van der Waals surface area contributed by atoms with Gasteiger partial charge in [0.2, 0.25) is 0 Å². The van der Waals surface area contributed by atoms with Crippen LogP contribution in [0.3, 0.4) is 0 Å². The topological polar surface area (TPSA) is 34.1 Å². The number of hydrogen-bond acceptors (Lipinski definition) is 2. The van der Waals surface area contributed by atoms with E-state index in [0.29, 0.717) is 0 Å². The summed E-state index contributed by atoms with van der Waals surface area (Å²) in [6, 6.07) is 0. The van der Waals surface area contributed by atoms with Gasteiger partial charge in [-0.1, -0.05) is 43.0 Å². The van der Waals surface area contributed by atoms with Gasteiger partial charge in [-0.25, -0.2) is 0 Å². The number of hydrogen-bond donors (Lipinski definition) is 0. The van der Waals surface area contributed by atoms with Crippen LogP contribution in [0, 0.1) is 11.8 Å². The minimum Gasteiger partial charge on any atom is -0.295 e. The normalized spacial score (nSPS) is 29.6. The Hall–Kier alpha value is -0.220. The van der Waals surface area contributed by atoms with Crippen molar-refractivity contribution in [3.8, 4) is 0 Å². The Balaban J connectivity index is 2.32. The summed E-state index contributed by atoms with van der Waals surface area (Å²) < 4.78 is 0. The average Bonchev–Trinajstić information content (AvgIpc) is 2.32. The molecule has 0 fully saturated rings. The van der Waals surface area contributed by atoms with Crippen molar-refractivity contribution in [1.29, 1.82) is 0 Å². The fourth-order valence-corrected chi connectivity index (χ4v) is 3.66. The number of fused-ring (bicyclic) bond motifs is 1. The van der Waals surface area contributed by atoms with Gasteiger partial charge in [0, 0.05) is 22.5 Å². The van der Waals surface area contributed by atoms with Gasteiger partial charge in [0.05, 0.1) is 0 Å². The van der Waals surface area contributed by atoms with Crippen LogP contribution in [0.2, 0.25) is 0 Å². The van der Waals surface area contributed by atoms with Gasteiger partial charge < -0.3 is 0 Å². The summed E-state index contributed by atoms with van der Waals surface area (Å²) in [5, 5.41) is 1.59. The molecule has 0 amide bonds. The second kappa shape index (κ2) is 4.96. The molecule has 0 aromatic carbocycles. The minimum absolute atomic E-state index is 0.108. The molecule has 16 heavy (non-hydrogen) atoms. The van der Waals surface area contributed by atoms with Crippen LogP contribution < -0.4 is 0 Å². The number of rotatable bonds is 2. The molecule has 0 aromatic rings. The fraction of sp³-hybridized carbons (Fsp3) is 0.500. The lowest BCUT2D eigenvalue weighted by atomic mass is 9.70. The van der Waals surface area contributed by atoms with Gasteiger partial charge in [-0.2, -0.15) is 0 Å². The molecule has 0 saturated carbocycles. The van der Waals surface area contributed by atoms with Crippen molar-refractivity contribution in [3.63, 3.8) is 0 Å². The number of ketones is 2. The van der Waals surface area contributed by atoms with E-state index in [4.69, 9.17) is 0 Å². The van der Waals surface area contributed by atoms with Crippen molar-refractivity contribution in [2.45, 2.75) is 12.8 Å².